The Labute approximate surface area is 185 Å². The van der Waals surface area contributed by atoms with Gasteiger partial charge in [-0.1, -0.05) is 43.3 Å². The monoisotopic (exact) mass is 463 g/mol. The van der Waals surface area contributed by atoms with Crippen LogP contribution in [0.5, 0.6) is 0 Å². The maximum atomic E-state index is 13.3. The van der Waals surface area contributed by atoms with Crippen LogP contribution in [0.2, 0.25) is 0 Å². The Morgan fingerprint density at radius 3 is 2.03 bits per heavy atom. The van der Waals surface area contributed by atoms with Crippen molar-refractivity contribution in [3.05, 3.63) is 47.5 Å². The first-order valence-corrected chi connectivity index (χ1v) is 10.5. The molecule has 6 heteroatoms. The van der Waals surface area contributed by atoms with Crippen molar-refractivity contribution in [2.24, 2.45) is 11.8 Å². The zero-order valence-corrected chi connectivity index (χ0v) is 19.5. The second-order valence-electron chi connectivity index (χ2n) is 8.74. The second-order valence-corrected chi connectivity index (χ2v) is 8.74. The van der Waals surface area contributed by atoms with E-state index in [4.69, 9.17) is 0 Å². The summed E-state index contributed by atoms with van der Waals surface area (Å²) >= 11 is 0. The smallest absolute Gasteiger partial charge is 0.169 e. The lowest BCUT2D eigenvalue weighted by Crippen LogP contribution is -3.00. The summed E-state index contributed by atoms with van der Waals surface area (Å²) in [7, 11) is 6.38. The van der Waals surface area contributed by atoms with Gasteiger partial charge in [0.1, 0.15) is 0 Å². The van der Waals surface area contributed by atoms with E-state index in [1.807, 2.05) is 19.2 Å². The molecule has 0 spiro atoms. The number of likely N-dealkylation sites (N-methyl/N-ethyl adjacent to an activating group) is 1. The highest BCUT2D eigenvalue weighted by atomic mass is 79.9. The number of benzene rings is 1. The van der Waals surface area contributed by atoms with Crippen LogP contribution in [0.4, 0.5) is 0 Å². The Kier molecular flexibility index (Phi) is 8.35. The molecule has 0 fully saturated rings. The normalized spacial score (nSPS) is 25.9. The average molecular weight is 464 g/mol. The van der Waals surface area contributed by atoms with E-state index in [-0.39, 0.29) is 52.5 Å². The number of nitrogens with one attached hydrogen (secondary N) is 2. The molecule has 1 aromatic rings. The Morgan fingerprint density at radius 1 is 0.931 bits per heavy atom. The first-order chi connectivity index (χ1) is 13.4. The molecular weight excluding hydrogens is 430 g/mol. The summed E-state index contributed by atoms with van der Waals surface area (Å²) in [5.74, 6) is -0.522. The predicted molar refractivity (Wildman–Crippen MR) is 113 cm³/mol. The fourth-order valence-electron chi connectivity index (χ4n) is 4.81. The fraction of sp³-hybridized carbons (Fsp3) is 0.565. The fourth-order valence-corrected chi connectivity index (χ4v) is 4.81. The third-order valence-electron chi connectivity index (χ3n) is 6.23. The van der Waals surface area contributed by atoms with Crippen molar-refractivity contribution in [2.45, 2.75) is 31.8 Å². The molecular formula is C23H34BrN3O2. The van der Waals surface area contributed by atoms with Gasteiger partial charge in [0.25, 0.3) is 0 Å². The summed E-state index contributed by atoms with van der Waals surface area (Å²) < 4.78 is 1.01. The van der Waals surface area contributed by atoms with E-state index in [1.54, 1.807) is 12.1 Å². The molecule has 0 saturated carbocycles. The third kappa shape index (κ3) is 5.05. The highest BCUT2D eigenvalue weighted by Gasteiger charge is 2.48. The molecule has 2 N–H and O–H groups in total. The van der Waals surface area contributed by atoms with Crippen LogP contribution in [-0.4, -0.2) is 68.9 Å². The predicted octanol–water partition coefficient (Wildman–Crippen LogP) is -0.705. The van der Waals surface area contributed by atoms with Gasteiger partial charge in [-0.25, -0.2) is 0 Å². The molecule has 5 nitrogen and oxygen atoms in total. The van der Waals surface area contributed by atoms with Crippen molar-refractivity contribution in [3.63, 3.8) is 0 Å². The number of nitrogens with zero attached hydrogens (tertiary/aromatic N) is 1. The molecule has 2 aliphatic rings. The van der Waals surface area contributed by atoms with Crippen molar-refractivity contribution >= 4 is 11.6 Å². The van der Waals surface area contributed by atoms with Crippen LogP contribution in [0.15, 0.2) is 36.4 Å². The maximum absolute atomic E-state index is 13.3. The molecule has 0 saturated heterocycles. The second kappa shape index (κ2) is 10.1. The summed E-state index contributed by atoms with van der Waals surface area (Å²) in [5, 5.41) is 6.78. The van der Waals surface area contributed by atoms with Crippen LogP contribution in [0.1, 0.15) is 40.5 Å². The van der Waals surface area contributed by atoms with Gasteiger partial charge in [-0.15, -0.1) is 0 Å². The topological polar surface area (TPSA) is 58.2 Å². The van der Waals surface area contributed by atoms with Crippen LogP contribution in [0.3, 0.4) is 0 Å². The zero-order valence-electron chi connectivity index (χ0n) is 18.0. The quantitative estimate of drug-likeness (QED) is 0.304. The Hall–Kier alpha value is -1.34. The van der Waals surface area contributed by atoms with Crippen LogP contribution in [-0.2, 0) is 0 Å². The lowest BCUT2D eigenvalue weighted by molar-refractivity contribution is -0.890. The van der Waals surface area contributed by atoms with E-state index in [2.05, 4.69) is 43.8 Å². The molecule has 3 rings (SSSR count). The number of carbonyl (C=O) groups is 2. The maximum Gasteiger partial charge on any atom is 0.169 e. The Bertz CT molecular complexity index is 762. The SMILES string of the molecule is CCC[N+](C)(C)CCCNC1C=CC(NC)C2C(=O)c3ccccc3C(=O)C12.[Br-]. The number of hydrogen-bond donors (Lipinski definition) is 2. The number of halogens is 1. The van der Waals surface area contributed by atoms with Crippen LogP contribution in [0.25, 0.3) is 0 Å². The summed E-state index contributed by atoms with van der Waals surface area (Å²) in [6, 6.07) is 7.06. The highest BCUT2D eigenvalue weighted by Crippen LogP contribution is 2.37. The number of rotatable bonds is 8. The summed E-state index contributed by atoms with van der Waals surface area (Å²) in [6.45, 7) is 5.33. The van der Waals surface area contributed by atoms with Gasteiger partial charge in [-0.2, -0.15) is 0 Å². The van der Waals surface area contributed by atoms with E-state index in [0.717, 1.165) is 24.0 Å². The van der Waals surface area contributed by atoms with Crippen LogP contribution in [0, 0.1) is 11.8 Å². The van der Waals surface area contributed by atoms with Gasteiger partial charge in [-0.3, -0.25) is 9.59 Å². The highest BCUT2D eigenvalue weighted by molar-refractivity contribution is 6.16. The molecule has 4 unspecified atom stereocenters. The Morgan fingerprint density at radius 2 is 1.48 bits per heavy atom. The first kappa shape index (κ1) is 23.9. The number of Topliss-reactive ketones (excluding diaryl/α,β-unsaturated/α-hetero) is 2. The van der Waals surface area contributed by atoms with Crippen molar-refractivity contribution < 1.29 is 31.1 Å². The third-order valence-corrected chi connectivity index (χ3v) is 6.23. The van der Waals surface area contributed by atoms with E-state index in [9.17, 15) is 9.59 Å². The van der Waals surface area contributed by atoms with E-state index < -0.39 is 0 Å². The largest absolute Gasteiger partial charge is 1.00 e. The van der Waals surface area contributed by atoms with Gasteiger partial charge >= 0.3 is 0 Å². The van der Waals surface area contributed by atoms with E-state index >= 15 is 0 Å². The van der Waals surface area contributed by atoms with Gasteiger partial charge < -0.3 is 32.1 Å². The molecule has 29 heavy (non-hydrogen) atoms. The zero-order chi connectivity index (χ0) is 20.3. The van der Waals surface area contributed by atoms with E-state index in [0.29, 0.717) is 11.1 Å². The number of carbonyl (C=O) groups excluding carboxylic acids is 2. The summed E-state index contributed by atoms with van der Waals surface area (Å²) in [5.41, 5.74) is 1.15. The summed E-state index contributed by atoms with van der Waals surface area (Å²) in [4.78, 5) is 26.5. The molecule has 160 valence electrons. The average Bonchev–Trinajstić information content (AvgIpc) is 2.68. The summed E-state index contributed by atoms with van der Waals surface area (Å²) in [6.07, 6.45) is 6.35. The minimum atomic E-state index is -0.345. The van der Waals surface area contributed by atoms with Crippen molar-refractivity contribution in [1.29, 1.82) is 0 Å². The van der Waals surface area contributed by atoms with Crippen LogP contribution >= 0.6 is 0 Å². The Balaban J connectivity index is 0.00000300. The van der Waals surface area contributed by atoms with Crippen molar-refractivity contribution in [1.82, 2.24) is 10.6 Å². The minimum absolute atomic E-state index is 0. The standard InChI is InChI=1S/C23H34N3O2.BrH/c1-5-14-26(3,4)15-8-13-25-19-12-11-18(24-2)20-21(19)23(28)17-10-7-6-9-16(17)22(20)27;/h6-7,9-12,18-21,24-25H,5,8,13-15H2,1-4H3;1H/q+1;/p-1. The number of quaternary nitrogens is 1. The molecule has 0 radical (unpaired) electrons. The molecule has 0 amide bonds. The lowest BCUT2D eigenvalue weighted by Gasteiger charge is -2.41. The van der Waals surface area contributed by atoms with E-state index in [1.165, 1.54) is 13.0 Å². The number of fused-ring (bicyclic) bond motifs is 2. The molecule has 0 bridgehead atoms. The van der Waals surface area contributed by atoms with Gasteiger partial charge in [0.2, 0.25) is 0 Å². The van der Waals surface area contributed by atoms with Gasteiger partial charge in [0.05, 0.1) is 39.0 Å². The minimum Gasteiger partial charge on any atom is -1.00 e. The van der Waals surface area contributed by atoms with Gasteiger partial charge in [-0.05, 0) is 13.5 Å². The number of hydrogen-bond acceptors (Lipinski definition) is 4. The molecule has 2 aliphatic carbocycles. The molecule has 1 aromatic carbocycles. The molecule has 0 aromatic heterocycles. The van der Waals surface area contributed by atoms with Gasteiger partial charge in [0, 0.05) is 36.2 Å². The van der Waals surface area contributed by atoms with Gasteiger partial charge in [0.15, 0.2) is 11.6 Å². The molecule has 0 heterocycles. The molecule has 4 atom stereocenters. The lowest BCUT2D eigenvalue weighted by atomic mass is 9.65. The molecule has 0 aliphatic heterocycles. The van der Waals surface area contributed by atoms with Crippen molar-refractivity contribution in [3.8, 4) is 0 Å². The first-order valence-electron chi connectivity index (χ1n) is 10.5. The van der Waals surface area contributed by atoms with Crippen molar-refractivity contribution in [2.75, 3.05) is 40.8 Å². The number of ketones is 2. The van der Waals surface area contributed by atoms with Crippen LogP contribution < -0.4 is 27.6 Å².